The number of thioether (sulfide) groups is 1. The summed E-state index contributed by atoms with van der Waals surface area (Å²) >= 11 is 5.29. The highest BCUT2D eigenvalue weighted by Crippen LogP contribution is 2.37. The number of nitrogens with one attached hydrogen (secondary N) is 2. The van der Waals surface area contributed by atoms with Crippen LogP contribution in [0, 0.1) is 0 Å². The van der Waals surface area contributed by atoms with Gasteiger partial charge in [-0.2, -0.15) is 15.4 Å². The third-order valence-corrected chi connectivity index (χ3v) is 4.58. The van der Waals surface area contributed by atoms with Crippen LogP contribution in [0.15, 0.2) is 33.8 Å². The van der Waals surface area contributed by atoms with Crippen LogP contribution in [0.25, 0.3) is 0 Å². The lowest BCUT2D eigenvalue weighted by Crippen LogP contribution is -2.30. The van der Waals surface area contributed by atoms with Crippen LogP contribution in [0.3, 0.4) is 0 Å². The molecule has 3 rings (SSSR count). The summed E-state index contributed by atoms with van der Waals surface area (Å²) in [5.74, 6) is 0.801. The van der Waals surface area contributed by atoms with Crippen molar-refractivity contribution in [3.05, 3.63) is 40.1 Å². The maximum atomic E-state index is 12.0. The van der Waals surface area contributed by atoms with Gasteiger partial charge in [-0.3, -0.25) is 4.79 Å². The van der Waals surface area contributed by atoms with Gasteiger partial charge in [-0.1, -0.05) is 15.9 Å². The molecule has 1 amide bonds. The molecule has 2 aromatic rings. The van der Waals surface area contributed by atoms with Crippen molar-refractivity contribution in [2.75, 3.05) is 5.75 Å². The van der Waals surface area contributed by atoms with Crippen LogP contribution in [-0.4, -0.2) is 27.1 Å². The van der Waals surface area contributed by atoms with Crippen molar-refractivity contribution >= 4 is 33.6 Å². The van der Waals surface area contributed by atoms with Gasteiger partial charge in [0, 0.05) is 15.1 Å². The number of hydrogen-bond acceptors (Lipinski definition) is 4. The first-order valence-electron chi connectivity index (χ1n) is 5.83. The van der Waals surface area contributed by atoms with E-state index in [1.807, 2.05) is 17.8 Å². The van der Waals surface area contributed by atoms with Gasteiger partial charge in [-0.05, 0) is 30.2 Å². The van der Waals surface area contributed by atoms with Gasteiger partial charge in [0.2, 0.25) is 0 Å². The molecular weight excluding hydrogens is 328 g/mol. The topological polar surface area (TPSA) is 70.7 Å². The highest BCUT2D eigenvalue weighted by atomic mass is 79.9. The van der Waals surface area contributed by atoms with Crippen molar-refractivity contribution in [3.8, 4) is 0 Å². The summed E-state index contributed by atoms with van der Waals surface area (Å²) in [7, 11) is 0. The summed E-state index contributed by atoms with van der Waals surface area (Å²) in [4.78, 5) is 13.2. The normalized spacial score (nSPS) is 17.8. The van der Waals surface area contributed by atoms with E-state index in [1.54, 1.807) is 0 Å². The zero-order valence-electron chi connectivity index (χ0n) is 9.89. The maximum absolute atomic E-state index is 12.0. The zero-order valence-corrected chi connectivity index (χ0v) is 12.3. The molecule has 1 atom stereocenters. The third kappa shape index (κ3) is 2.66. The van der Waals surface area contributed by atoms with E-state index in [0.29, 0.717) is 5.69 Å². The summed E-state index contributed by atoms with van der Waals surface area (Å²) in [6.45, 7) is 0. The fourth-order valence-corrected chi connectivity index (χ4v) is 3.54. The molecule has 1 aromatic heterocycles. The summed E-state index contributed by atoms with van der Waals surface area (Å²) in [6, 6.07) is 6.19. The Morgan fingerprint density at radius 2 is 2.42 bits per heavy atom. The Balaban J connectivity index is 1.84. The van der Waals surface area contributed by atoms with Crippen molar-refractivity contribution in [1.82, 2.24) is 20.7 Å². The molecule has 5 nitrogen and oxygen atoms in total. The number of fused-ring (bicyclic) bond motifs is 1. The van der Waals surface area contributed by atoms with Crippen LogP contribution >= 0.6 is 27.7 Å². The molecule has 1 aliphatic rings. The van der Waals surface area contributed by atoms with E-state index in [9.17, 15) is 4.79 Å². The quantitative estimate of drug-likeness (QED) is 0.882. The third-order valence-electron chi connectivity index (χ3n) is 2.96. The zero-order chi connectivity index (χ0) is 13.2. The van der Waals surface area contributed by atoms with E-state index in [1.165, 1.54) is 11.1 Å². The molecule has 7 heteroatoms. The van der Waals surface area contributed by atoms with Crippen LogP contribution in [-0.2, 0) is 0 Å². The second-order valence-electron chi connectivity index (χ2n) is 4.20. The Kier molecular flexibility index (Phi) is 3.56. The highest BCUT2D eigenvalue weighted by Gasteiger charge is 2.23. The molecule has 1 aliphatic heterocycles. The van der Waals surface area contributed by atoms with E-state index >= 15 is 0 Å². The van der Waals surface area contributed by atoms with Crippen LogP contribution < -0.4 is 5.32 Å². The Morgan fingerprint density at radius 3 is 3.21 bits per heavy atom. The van der Waals surface area contributed by atoms with Crippen molar-refractivity contribution < 1.29 is 4.79 Å². The number of amides is 1. The first kappa shape index (κ1) is 12.7. The molecule has 0 aliphatic carbocycles. The fraction of sp³-hybridized carbons (Fsp3) is 0.250. The Hall–Kier alpha value is -1.34. The average Bonchev–Trinajstić information content (AvgIpc) is 2.93. The lowest BCUT2D eigenvalue weighted by molar-refractivity contribution is 0.0930. The van der Waals surface area contributed by atoms with E-state index in [-0.39, 0.29) is 11.9 Å². The second kappa shape index (κ2) is 5.34. The monoisotopic (exact) mass is 338 g/mol. The molecule has 1 aromatic carbocycles. The summed E-state index contributed by atoms with van der Waals surface area (Å²) in [5.41, 5.74) is 1.47. The van der Waals surface area contributed by atoms with Gasteiger partial charge in [0.1, 0.15) is 0 Å². The lowest BCUT2D eigenvalue weighted by Gasteiger charge is -2.25. The predicted molar refractivity (Wildman–Crippen MR) is 76.1 cm³/mol. The Labute approximate surface area is 122 Å². The van der Waals surface area contributed by atoms with Crippen LogP contribution in [0.5, 0.6) is 0 Å². The number of hydrogen-bond donors (Lipinski definition) is 2. The fourth-order valence-electron chi connectivity index (χ4n) is 2.06. The van der Waals surface area contributed by atoms with E-state index < -0.39 is 0 Å². The van der Waals surface area contributed by atoms with Gasteiger partial charge < -0.3 is 5.32 Å². The van der Waals surface area contributed by atoms with Gasteiger partial charge in [0.15, 0.2) is 5.69 Å². The van der Waals surface area contributed by atoms with Crippen molar-refractivity contribution in [2.45, 2.75) is 17.4 Å². The average molecular weight is 339 g/mol. The number of nitrogens with zero attached hydrogens (tertiary/aromatic N) is 2. The molecule has 0 saturated carbocycles. The molecule has 98 valence electrons. The minimum absolute atomic E-state index is 0.0259. The minimum atomic E-state index is -0.198. The molecule has 0 radical (unpaired) electrons. The van der Waals surface area contributed by atoms with E-state index in [4.69, 9.17) is 0 Å². The largest absolute Gasteiger partial charge is 0.344 e. The summed E-state index contributed by atoms with van der Waals surface area (Å²) in [5, 5.41) is 12.9. The SMILES string of the molecule is O=C(NC1CCSc2ccc(Br)cc21)c1cn[nH]n1. The van der Waals surface area contributed by atoms with Crippen LogP contribution in [0.1, 0.15) is 28.5 Å². The van der Waals surface area contributed by atoms with E-state index in [2.05, 4.69) is 48.8 Å². The molecule has 0 bridgehead atoms. The Bertz CT molecular complexity index is 602. The van der Waals surface area contributed by atoms with Gasteiger partial charge in [0.25, 0.3) is 5.91 Å². The maximum Gasteiger partial charge on any atom is 0.273 e. The number of aromatic amines is 1. The first-order chi connectivity index (χ1) is 9.24. The molecule has 2 N–H and O–H groups in total. The molecule has 0 spiro atoms. The van der Waals surface area contributed by atoms with Crippen LogP contribution in [0.2, 0.25) is 0 Å². The Morgan fingerprint density at radius 1 is 1.53 bits per heavy atom. The van der Waals surface area contributed by atoms with Gasteiger partial charge in [-0.25, -0.2) is 0 Å². The standard InChI is InChI=1S/C12H11BrN4OS/c13-7-1-2-11-8(5-7)9(3-4-19-11)15-12(18)10-6-14-17-16-10/h1-2,5-6,9H,3-4H2,(H,15,18)(H,14,16,17). The number of carbonyl (C=O) groups excluding carboxylic acids is 1. The lowest BCUT2D eigenvalue weighted by atomic mass is 10.0. The van der Waals surface area contributed by atoms with Crippen molar-refractivity contribution in [2.24, 2.45) is 0 Å². The first-order valence-corrected chi connectivity index (χ1v) is 7.61. The summed E-state index contributed by atoms with van der Waals surface area (Å²) in [6.07, 6.45) is 2.34. The number of aromatic nitrogens is 3. The molecule has 19 heavy (non-hydrogen) atoms. The molecule has 0 saturated heterocycles. The number of H-pyrrole nitrogens is 1. The number of benzene rings is 1. The number of rotatable bonds is 2. The second-order valence-corrected chi connectivity index (χ2v) is 6.25. The molecule has 1 unspecified atom stereocenters. The molecule has 2 heterocycles. The highest BCUT2D eigenvalue weighted by molar-refractivity contribution is 9.10. The van der Waals surface area contributed by atoms with Gasteiger partial charge in [0.05, 0.1) is 12.2 Å². The van der Waals surface area contributed by atoms with Gasteiger partial charge >= 0.3 is 0 Å². The molecular formula is C12H11BrN4OS. The van der Waals surface area contributed by atoms with Crippen molar-refractivity contribution in [1.29, 1.82) is 0 Å². The van der Waals surface area contributed by atoms with Crippen molar-refractivity contribution in [3.63, 3.8) is 0 Å². The smallest absolute Gasteiger partial charge is 0.273 e. The number of halogens is 1. The van der Waals surface area contributed by atoms with E-state index in [0.717, 1.165) is 22.2 Å². The molecule has 0 fully saturated rings. The van der Waals surface area contributed by atoms with Crippen LogP contribution in [0.4, 0.5) is 0 Å². The summed E-state index contributed by atoms with van der Waals surface area (Å²) < 4.78 is 1.02. The minimum Gasteiger partial charge on any atom is -0.344 e. The van der Waals surface area contributed by atoms with Gasteiger partial charge in [-0.15, -0.1) is 11.8 Å². The number of carbonyl (C=O) groups is 1. The predicted octanol–water partition coefficient (Wildman–Crippen LogP) is 2.53.